The van der Waals surface area contributed by atoms with Crippen LogP contribution in [0.15, 0.2) is 29.2 Å². The Morgan fingerprint density at radius 1 is 1.29 bits per heavy atom. The van der Waals surface area contributed by atoms with Crippen molar-refractivity contribution in [3.05, 3.63) is 29.8 Å². The van der Waals surface area contributed by atoms with Crippen LogP contribution in [0.3, 0.4) is 0 Å². The van der Waals surface area contributed by atoms with E-state index in [1.165, 1.54) is 35.5 Å². The third kappa shape index (κ3) is 5.52. The molecule has 0 unspecified atom stereocenters. The number of hydrogen-bond donors (Lipinski definition) is 1. The van der Waals surface area contributed by atoms with E-state index in [-0.39, 0.29) is 35.8 Å². The van der Waals surface area contributed by atoms with Gasteiger partial charge in [0.1, 0.15) is 0 Å². The molecule has 1 aliphatic rings. The Balaban J connectivity index is 2.14. The highest BCUT2D eigenvalue weighted by Crippen LogP contribution is 2.22. The minimum absolute atomic E-state index is 0.00587. The van der Waals surface area contributed by atoms with Crippen molar-refractivity contribution in [1.82, 2.24) is 9.62 Å². The van der Waals surface area contributed by atoms with E-state index in [2.05, 4.69) is 5.32 Å². The Labute approximate surface area is 166 Å². The molecule has 2 rings (SSSR count). The minimum atomic E-state index is -3.77. The lowest BCUT2D eigenvalue weighted by Gasteiger charge is -2.34. The number of carbonyl (C=O) groups excluding carboxylic acids is 2. The third-order valence-corrected chi connectivity index (χ3v) is 6.12. The van der Waals surface area contributed by atoms with E-state index < -0.39 is 28.0 Å². The monoisotopic (exact) mass is 412 g/mol. The van der Waals surface area contributed by atoms with Crippen LogP contribution in [0.25, 0.3) is 0 Å². The lowest BCUT2D eigenvalue weighted by molar-refractivity contribution is -0.129. The largest absolute Gasteiger partial charge is 0.449 e. The summed E-state index contributed by atoms with van der Waals surface area (Å²) in [6.45, 7) is 8.00. The van der Waals surface area contributed by atoms with E-state index in [1.807, 2.05) is 20.8 Å². The van der Waals surface area contributed by atoms with Gasteiger partial charge in [-0.2, -0.15) is 4.31 Å². The zero-order valence-corrected chi connectivity index (χ0v) is 17.5. The second-order valence-corrected chi connectivity index (χ2v) is 8.88. The highest BCUT2D eigenvalue weighted by molar-refractivity contribution is 7.89. The molecule has 28 heavy (non-hydrogen) atoms. The molecule has 1 aromatic carbocycles. The summed E-state index contributed by atoms with van der Waals surface area (Å²) in [6, 6.07) is 5.66. The average Bonchev–Trinajstić information content (AvgIpc) is 2.65. The first-order chi connectivity index (χ1) is 13.1. The topological polar surface area (TPSA) is 102 Å². The molecule has 0 spiro atoms. The number of hydrogen-bond acceptors (Lipinski definition) is 6. The van der Waals surface area contributed by atoms with Gasteiger partial charge in [-0.15, -0.1) is 0 Å². The Morgan fingerprint density at radius 3 is 2.54 bits per heavy atom. The van der Waals surface area contributed by atoms with E-state index in [0.29, 0.717) is 6.54 Å². The predicted molar refractivity (Wildman–Crippen MR) is 103 cm³/mol. The fourth-order valence-electron chi connectivity index (χ4n) is 2.93. The van der Waals surface area contributed by atoms with Crippen molar-refractivity contribution >= 4 is 21.9 Å². The number of esters is 1. The number of carbonyl (C=O) groups is 2. The van der Waals surface area contributed by atoms with Crippen LogP contribution in [0.5, 0.6) is 0 Å². The first-order valence-corrected chi connectivity index (χ1v) is 10.8. The summed E-state index contributed by atoms with van der Waals surface area (Å²) < 4.78 is 38.0. The zero-order valence-electron chi connectivity index (χ0n) is 16.7. The van der Waals surface area contributed by atoms with Gasteiger partial charge in [0.05, 0.1) is 22.7 Å². The summed E-state index contributed by atoms with van der Waals surface area (Å²) in [6.07, 6.45) is -0.631. The number of rotatable bonds is 7. The molecule has 0 radical (unpaired) electrons. The van der Waals surface area contributed by atoms with E-state index in [0.717, 1.165) is 6.42 Å². The molecule has 1 fully saturated rings. The fraction of sp³-hybridized carbons (Fsp3) is 0.579. The maximum Gasteiger partial charge on any atom is 0.338 e. The molecule has 1 saturated heterocycles. The first-order valence-electron chi connectivity index (χ1n) is 9.39. The van der Waals surface area contributed by atoms with Gasteiger partial charge in [0.25, 0.3) is 5.91 Å². The van der Waals surface area contributed by atoms with Crippen molar-refractivity contribution in [1.29, 1.82) is 0 Å². The van der Waals surface area contributed by atoms with Gasteiger partial charge in [-0.3, -0.25) is 4.79 Å². The molecule has 0 aromatic heterocycles. The molecule has 1 N–H and O–H groups in total. The third-order valence-electron chi connectivity index (χ3n) is 4.30. The zero-order chi connectivity index (χ0) is 20.9. The van der Waals surface area contributed by atoms with Crippen LogP contribution in [0.1, 0.15) is 44.5 Å². The highest BCUT2D eigenvalue weighted by Gasteiger charge is 2.32. The molecular formula is C19H28N2O6S. The first kappa shape index (κ1) is 22.3. The van der Waals surface area contributed by atoms with E-state index in [1.54, 1.807) is 0 Å². The van der Waals surface area contributed by atoms with Crippen molar-refractivity contribution < 1.29 is 27.5 Å². The molecule has 0 saturated carbocycles. The van der Waals surface area contributed by atoms with Crippen molar-refractivity contribution in [2.75, 3.05) is 19.6 Å². The quantitative estimate of drug-likeness (QED) is 0.682. The summed E-state index contributed by atoms with van der Waals surface area (Å²) in [7, 11) is -3.77. The molecule has 0 aliphatic carbocycles. The molecule has 3 atom stereocenters. The van der Waals surface area contributed by atoms with Crippen molar-refractivity contribution in [3.8, 4) is 0 Å². The van der Waals surface area contributed by atoms with Crippen LogP contribution in [-0.2, 0) is 24.3 Å². The summed E-state index contributed by atoms with van der Waals surface area (Å²) in [5.41, 5.74) is 0.0746. The maximum absolute atomic E-state index is 13.0. The number of benzene rings is 1. The standard InChI is InChI=1S/C19H28N2O6S/c1-5-9-20-18(22)15(4)27-19(23)16-7-6-8-17(10-16)28(24,25)21-11-13(2)26-14(3)12-21/h6-8,10,13-15H,5,9,11-12H2,1-4H3,(H,20,22)/t13-,14+,15-/m1/s1. The number of ether oxygens (including phenoxy) is 2. The number of morpholine rings is 1. The Hall–Kier alpha value is -1.97. The molecule has 1 aliphatic heterocycles. The minimum Gasteiger partial charge on any atom is -0.449 e. The number of sulfonamides is 1. The van der Waals surface area contributed by atoms with Crippen LogP contribution in [0, 0.1) is 0 Å². The molecule has 1 aromatic rings. The SMILES string of the molecule is CCCNC(=O)[C@@H](C)OC(=O)c1cccc(S(=O)(=O)N2C[C@@H](C)O[C@@H](C)C2)c1. The maximum atomic E-state index is 13.0. The second kappa shape index (κ2) is 9.49. The van der Waals surface area contributed by atoms with Gasteiger partial charge in [0, 0.05) is 19.6 Å². The average molecular weight is 413 g/mol. The summed E-state index contributed by atoms with van der Waals surface area (Å²) in [4.78, 5) is 24.2. The van der Waals surface area contributed by atoms with Gasteiger partial charge in [-0.25, -0.2) is 13.2 Å². The van der Waals surface area contributed by atoms with Gasteiger partial charge < -0.3 is 14.8 Å². The van der Waals surface area contributed by atoms with Crippen molar-refractivity contribution in [3.63, 3.8) is 0 Å². The summed E-state index contributed by atoms with van der Waals surface area (Å²) in [5, 5.41) is 2.65. The molecule has 1 amide bonds. The Morgan fingerprint density at radius 2 is 1.93 bits per heavy atom. The lowest BCUT2D eigenvalue weighted by atomic mass is 10.2. The van der Waals surface area contributed by atoms with Crippen LogP contribution >= 0.6 is 0 Å². The fourth-order valence-corrected chi connectivity index (χ4v) is 4.57. The van der Waals surface area contributed by atoms with E-state index in [4.69, 9.17) is 9.47 Å². The van der Waals surface area contributed by atoms with Gasteiger partial charge in [-0.05, 0) is 45.4 Å². The van der Waals surface area contributed by atoms with Gasteiger partial charge in [0.15, 0.2) is 6.10 Å². The Bertz CT molecular complexity index is 800. The number of nitrogens with zero attached hydrogens (tertiary/aromatic N) is 1. The van der Waals surface area contributed by atoms with E-state index in [9.17, 15) is 18.0 Å². The van der Waals surface area contributed by atoms with Crippen LogP contribution < -0.4 is 5.32 Å². The van der Waals surface area contributed by atoms with Crippen LogP contribution in [-0.4, -0.2) is 62.5 Å². The van der Waals surface area contributed by atoms with Crippen LogP contribution in [0.2, 0.25) is 0 Å². The predicted octanol–water partition coefficient (Wildman–Crippen LogP) is 1.56. The number of nitrogens with one attached hydrogen (secondary N) is 1. The molecular weight excluding hydrogens is 384 g/mol. The molecule has 8 nitrogen and oxygen atoms in total. The normalized spacial score (nSPS) is 21.7. The molecule has 9 heteroatoms. The van der Waals surface area contributed by atoms with Crippen molar-refractivity contribution in [2.24, 2.45) is 0 Å². The van der Waals surface area contributed by atoms with Crippen molar-refractivity contribution in [2.45, 2.75) is 57.3 Å². The van der Waals surface area contributed by atoms with Crippen LogP contribution in [0.4, 0.5) is 0 Å². The van der Waals surface area contributed by atoms with Gasteiger partial charge >= 0.3 is 5.97 Å². The second-order valence-electron chi connectivity index (χ2n) is 6.95. The van der Waals surface area contributed by atoms with E-state index >= 15 is 0 Å². The summed E-state index contributed by atoms with van der Waals surface area (Å²) >= 11 is 0. The highest BCUT2D eigenvalue weighted by atomic mass is 32.2. The smallest absolute Gasteiger partial charge is 0.338 e. The summed E-state index contributed by atoms with van der Waals surface area (Å²) in [5.74, 6) is -1.14. The van der Waals surface area contributed by atoms with Gasteiger partial charge in [-0.1, -0.05) is 13.0 Å². The van der Waals surface area contributed by atoms with Gasteiger partial charge in [0.2, 0.25) is 10.0 Å². The molecule has 1 heterocycles. The molecule has 156 valence electrons. The lowest BCUT2D eigenvalue weighted by Crippen LogP contribution is -2.48. The Kier molecular flexibility index (Phi) is 7.56. The molecule has 0 bridgehead atoms. The number of amides is 1.